The summed E-state index contributed by atoms with van der Waals surface area (Å²) in [4.78, 5) is 27.2. The second kappa shape index (κ2) is 10.2. The summed E-state index contributed by atoms with van der Waals surface area (Å²) < 4.78 is 58.9. The van der Waals surface area contributed by atoms with E-state index in [1.807, 2.05) is 13.8 Å². The molecular formula is C25H31N5O6S2. The number of benzene rings is 2. The molecule has 2 aromatic rings. The summed E-state index contributed by atoms with van der Waals surface area (Å²) in [6.07, 6.45) is 1.22. The van der Waals surface area contributed by atoms with Gasteiger partial charge in [0, 0.05) is 18.7 Å². The summed E-state index contributed by atoms with van der Waals surface area (Å²) >= 11 is 0. The number of rotatable bonds is 9. The maximum absolute atomic E-state index is 13.9. The van der Waals surface area contributed by atoms with E-state index in [0.717, 1.165) is 12.5 Å². The van der Waals surface area contributed by atoms with Gasteiger partial charge in [-0.2, -0.15) is 21.6 Å². The van der Waals surface area contributed by atoms with Crippen molar-refractivity contribution in [1.82, 2.24) is 4.72 Å². The lowest BCUT2D eigenvalue weighted by molar-refractivity contribution is -0.125. The SMILES string of the molecule is CC(C)CCC1(C)C(=O)C(C2=NS(=O)(=O)c3cc(NS(=O)(=O)NCCN)ccc3N2)C(=O)c2ccccc21. The van der Waals surface area contributed by atoms with Crippen molar-refractivity contribution in [3.05, 3.63) is 53.6 Å². The molecule has 0 spiro atoms. The molecule has 0 amide bonds. The number of carbonyl (C=O) groups is 2. The van der Waals surface area contributed by atoms with Gasteiger partial charge in [-0.3, -0.25) is 14.3 Å². The van der Waals surface area contributed by atoms with Gasteiger partial charge in [0.2, 0.25) is 0 Å². The lowest BCUT2D eigenvalue weighted by Crippen LogP contribution is -2.51. The second-order valence-corrected chi connectivity index (χ2v) is 13.1. The fourth-order valence-corrected chi connectivity index (χ4v) is 6.82. The molecule has 2 aromatic carbocycles. The van der Waals surface area contributed by atoms with Crippen molar-refractivity contribution < 1.29 is 26.4 Å². The number of Topliss-reactive ketones (excluding diaryl/α,β-unsaturated/α-hetero) is 2. The molecule has 1 heterocycles. The van der Waals surface area contributed by atoms with Crippen LogP contribution in [0.15, 0.2) is 51.8 Å². The van der Waals surface area contributed by atoms with E-state index in [-0.39, 0.29) is 35.2 Å². The maximum atomic E-state index is 13.9. The van der Waals surface area contributed by atoms with E-state index in [4.69, 9.17) is 5.73 Å². The number of ketones is 2. The predicted molar refractivity (Wildman–Crippen MR) is 145 cm³/mol. The van der Waals surface area contributed by atoms with Gasteiger partial charge in [-0.1, -0.05) is 38.1 Å². The molecule has 2 atom stereocenters. The molecule has 2 aliphatic rings. The van der Waals surface area contributed by atoms with E-state index in [1.165, 1.54) is 12.1 Å². The van der Waals surface area contributed by atoms with Crippen LogP contribution in [0.1, 0.15) is 49.5 Å². The third kappa shape index (κ3) is 5.23. The largest absolute Gasteiger partial charge is 0.341 e. The number of nitrogens with one attached hydrogen (secondary N) is 3. The molecule has 0 fully saturated rings. The smallest absolute Gasteiger partial charge is 0.299 e. The van der Waals surface area contributed by atoms with Gasteiger partial charge >= 0.3 is 0 Å². The van der Waals surface area contributed by atoms with Crippen molar-refractivity contribution in [1.29, 1.82) is 0 Å². The summed E-state index contributed by atoms with van der Waals surface area (Å²) in [6.45, 7) is 5.96. The van der Waals surface area contributed by atoms with Crippen molar-refractivity contribution in [2.24, 2.45) is 22.0 Å². The summed E-state index contributed by atoms with van der Waals surface area (Å²) in [5, 5.41) is 2.86. The molecule has 13 heteroatoms. The van der Waals surface area contributed by atoms with Crippen LogP contribution in [0.3, 0.4) is 0 Å². The summed E-state index contributed by atoms with van der Waals surface area (Å²) in [5.41, 5.74) is 5.37. The van der Waals surface area contributed by atoms with Crippen molar-refractivity contribution >= 4 is 49.0 Å². The van der Waals surface area contributed by atoms with Crippen LogP contribution in [-0.2, 0) is 30.4 Å². The Hall–Kier alpha value is -3.13. The minimum absolute atomic E-state index is 0.00353. The Balaban J connectivity index is 1.72. The van der Waals surface area contributed by atoms with Gasteiger partial charge in [0.1, 0.15) is 16.6 Å². The van der Waals surface area contributed by atoms with Crippen molar-refractivity contribution in [3.8, 4) is 0 Å². The van der Waals surface area contributed by atoms with Gasteiger partial charge in [-0.25, -0.2) is 0 Å². The number of nitrogens with two attached hydrogens (primary N) is 1. The minimum Gasteiger partial charge on any atom is -0.341 e. The molecule has 5 N–H and O–H groups in total. The molecule has 2 unspecified atom stereocenters. The van der Waals surface area contributed by atoms with Gasteiger partial charge in [0.05, 0.1) is 16.8 Å². The molecule has 1 aliphatic carbocycles. The zero-order valence-electron chi connectivity index (χ0n) is 21.3. The van der Waals surface area contributed by atoms with E-state index in [9.17, 15) is 26.4 Å². The number of carbonyl (C=O) groups excluding carboxylic acids is 2. The first-order valence-electron chi connectivity index (χ1n) is 12.2. The molecule has 0 saturated heterocycles. The normalized spacial score (nSPS) is 22.3. The number of sulfonamides is 1. The van der Waals surface area contributed by atoms with Crippen molar-refractivity contribution in [2.75, 3.05) is 23.1 Å². The molecule has 0 aromatic heterocycles. The molecular weight excluding hydrogens is 530 g/mol. The van der Waals surface area contributed by atoms with E-state index < -0.39 is 43.1 Å². The quantitative estimate of drug-likeness (QED) is 0.337. The van der Waals surface area contributed by atoms with Crippen LogP contribution >= 0.6 is 0 Å². The Morgan fingerprint density at radius 1 is 1.16 bits per heavy atom. The number of hydrogen-bond acceptors (Lipinski definition) is 8. The van der Waals surface area contributed by atoms with E-state index in [1.54, 1.807) is 31.2 Å². The second-order valence-electron chi connectivity index (χ2n) is 10.0. The van der Waals surface area contributed by atoms with Crippen LogP contribution in [-0.4, -0.2) is 47.3 Å². The fourth-order valence-electron chi connectivity index (χ4n) is 4.74. The third-order valence-corrected chi connectivity index (χ3v) is 9.20. The highest BCUT2D eigenvalue weighted by Gasteiger charge is 2.51. The molecule has 4 rings (SSSR count). The predicted octanol–water partition coefficient (Wildman–Crippen LogP) is 2.18. The lowest BCUT2D eigenvalue weighted by Gasteiger charge is -2.39. The Morgan fingerprint density at radius 3 is 2.55 bits per heavy atom. The van der Waals surface area contributed by atoms with Crippen LogP contribution in [0.5, 0.6) is 0 Å². The van der Waals surface area contributed by atoms with Gasteiger partial charge in [0.15, 0.2) is 11.6 Å². The highest BCUT2D eigenvalue weighted by Crippen LogP contribution is 2.43. The van der Waals surface area contributed by atoms with Crippen LogP contribution in [0.4, 0.5) is 11.4 Å². The highest BCUT2D eigenvalue weighted by atomic mass is 32.2. The first kappa shape index (κ1) is 27.9. The number of anilines is 2. The van der Waals surface area contributed by atoms with Gasteiger partial charge in [-0.05, 0) is 49.4 Å². The molecule has 0 saturated carbocycles. The average molecular weight is 562 g/mol. The number of fused-ring (bicyclic) bond motifs is 2. The van der Waals surface area contributed by atoms with Gasteiger partial charge in [-0.15, -0.1) is 4.40 Å². The van der Waals surface area contributed by atoms with Crippen molar-refractivity contribution in [2.45, 2.75) is 43.9 Å². The zero-order valence-corrected chi connectivity index (χ0v) is 22.9. The Labute approximate surface area is 222 Å². The molecule has 0 bridgehead atoms. The minimum atomic E-state index is -4.38. The molecule has 204 valence electrons. The first-order chi connectivity index (χ1) is 17.8. The molecule has 11 nitrogen and oxygen atoms in total. The zero-order chi connectivity index (χ0) is 27.9. The number of amidine groups is 1. The molecule has 1 aliphatic heterocycles. The van der Waals surface area contributed by atoms with Crippen molar-refractivity contribution in [3.63, 3.8) is 0 Å². The first-order valence-corrected chi connectivity index (χ1v) is 15.1. The fraction of sp³-hybridized carbons (Fsp3) is 0.400. The summed E-state index contributed by atoms with van der Waals surface area (Å²) in [7, 11) is -8.35. The Bertz CT molecular complexity index is 1530. The van der Waals surface area contributed by atoms with Crippen LogP contribution in [0.25, 0.3) is 0 Å². The van der Waals surface area contributed by atoms with E-state index >= 15 is 0 Å². The van der Waals surface area contributed by atoms with Gasteiger partial charge in [0.25, 0.3) is 20.2 Å². The monoisotopic (exact) mass is 561 g/mol. The summed E-state index contributed by atoms with van der Waals surface area (Å²) in [6, 6.07) is 10.7. The average Bonchev–Trinajstić information content (AvgIpc) is 2.85. The molecule has 0 radical (unpaired) electrons. The lowest BCUT2D eigenvalue weighted by atomic mass is 9.63. The topological polar surface area (TPSA) is 177 Å². The molecule has 38 heavy (non-hydrogen) atoms. The Morgan fingerprint density at radius 2 is 1.87 bits per heavy atom. The number of hydrogen-bond donors (Lipinski definition) is 4. The Kier molecular flexibility index (Phi) is 7.49. The van der Waals surface area contributed by atoms with E-state index in [0.29, 0.717) is 23.5 Å². The highest BCUT2D eigenvalue weighted by molar-refractivity contribution is 7.91. The van der Waals surface area contributed by atoms with E-state index in [2.05, 4.69) is 19.2 Å². The third-order valence-electron chi connectivity index (χ3n) is 6.78. The van der Waals surface area contributed by atoms with Gasteiger partial charge < -0.3 is 11.1 Å². The van der Waals surface area contributed by atoms with Crippen LogP contribution < -0.4 is 20.5 Å². The summed E-state index contributed by atoms with van der Waals surface area (Å²) in [5.74, 6) is -2.31. The van der Waals surface area contributed by atoms with Crippen LogP contribution in [0, 0.1) is 11.8 Å². The number of nitrogens with zero attached hydrogens (tertiary/aromatic N) is 1. The standard InChI is InChI=1S/C25H31N5O6S2/c1-15(2)10-11-25(3)18-7-5-4-6-17(18)22(31)21(23(25)32)24-28-19-9-8-16(14-20(19)37(33,34)30-24)29-38(35,36)27-13-12-26/h4-9,14-15,21,27,29H,10-13,26H2,1-3H3,(H,28,30). The maximum Gasteiger partial charge on any atom is 0.299 e. The van der Waals surface area contributed by atoms with Crippen LogP contribution in [0.2, 0.25) is 0 Å².